The second-order valence-electron chi connectivity index (χ2n) is 5.53. The third-order valence-corrected chi connectivity index (χ3v) is 8.07. The first-order chi connectivity index (χ1) is 9.05. The molecule has 1 unspecified atom stereocenters. The van der Waals surface area contributed by atoms with E-state index in [1.165, 1.54) is 5.55 Å². The van der Waals surface area contributed by atoms with E-state index in [-0.39, 0.29) is 5.54 Å². The molecule has 3 aliphatic heterocycles. The van der Waals surface area contributed by atoms with Gasteiger partial charge in [-0.2, -0.15) is 0 Å². The first-order valence-electron chi connectivity index (χ1n) is 6.74. The summed E-state index contributed by atoms with van der Waals surface area (Å²) in [7, 11) is -3.67. The van der Waals surface area contributed by atoms with Crippen LogP contribution in [0.1, 0.15) is 26.7 Å². The van der Waals surface area contributed by atoms with Gasteiger partial charge in [0.15, 0.2) is 5.72 Å². The number of rotatable bonds is 4. The monoisotopic (exact) mass is 304 g/mol. The molecule has 0 N–H and O–H groups in total. The number of nitrogens with zero attached hydrogens (tertiary/aromatic N) is 2. The molecule has 3 rings (SSSR count). The molecule has 3 aliphatic rings. The molecule has 0 aromatic carbocycles. The van der Waals surface area contributed by atoms with Crippen LogP contribution in [0.5, 0.6) is 0 Å². The number of aliphatic imine (C=N–C) groups is 1. The topological polar surface area (TPSA) is 60.4 Å². The van der Waals surface area contributed by atoms with Crippen LogP contribution in [0.25, 0.3) is 0 Å². The number of fused-ring (bicyclic) bond motifs is 2. The first kappa shape index (κ1) is 13.8. The molecule has 19 heavy (non-hydrogen) atoms. The maximum atomic E-state index is 12.0. The van der Waals surface area contributed by atoms with E-state index in [0.29, 0.717) is 13.2 Å². The highest BCUT2D eigenvalue weighted by molar-refractivity contribution is 7.96. The predicted octanol–water partition coefficient (Wildman–Crippen LogP) is 0.896. The molecule has 0 aromatic rings. The summed E-state index contributed by atoms with van der Waals surface area (Å²) in [5.74, 6) is 0. The van der Waals surface area contributed by atoms with E-state index in [9.17, 15) is 4.21 Å². The molecular formula is C11H20N2O4SSi. The van der Waals surface area contributed by atoms with Gasteiger partial charge in [0, 0.05) is 18.6 Å². The fourth-order valence-corrected chi connectivity index (χ4v) is 6.21. The second kappa shape index (κ2) is 5.01. The summed E-state index contributed by atoms with van der Waals surface area (Å²) >= 11 is 0. The Morgan fingerprint density at radius 3 is 2.47 bits per heavy atom. The van der Waals surface area contributed by atoms with Crippen LogP contribution in [-0.2, 0) is 24.3 Å². The molecule has 0 saturated carbocycles. The standard InChI is InChI=1S/C11H20N2O4SSi/c1-10(2)19-15-7-11(17-19,8-16-19)12-9-18(14)13-5-3-4-6-13/h9-10H,3-8H2,1-2H3/b12-9+. The van der Waals surface area contributed by atoms with Gasteiger partial charge in [0.05, 0.1) is 13.2 Å². The van der Waals surface area contributed by atoms with Crippen molar-refractivity contribution in [2.45, 2.75) is 38.0 Å². The molecule has 2 bridgehead atoms. The summed E-state index contributed by atoms with van der Waals surface area (Å²) < 4.78 is 31.4. The van der Waals surface area contributed by atoms with E-state index in [4.69, 9.17) is 13.3 Å². The highest BCUT2D eigenvalue weighted by Crippen LogP contribution is 2.43. The van der Waals surface area contributed by atoms with Crippen LogP contribution >= 0.6 is 0 Å². The Bertz CT molecular complexity index is 403. The van der Waals surface area contributed by atoms with E-state index < -0.39 is 25.5 Å². The Hall–Kier alpha value is -0.123. The highest BCUT2D eigenvalue weighted by Gasteiger charge is 2.64. The summed E-state index contributed by atoms with van der Waals surface area (Å²) in [6, 6.07) is 0. The molecular weight excluding hydrogens is 284 g/mol. The zero-order valence-corrected chi connectivity index (χ0v) is 13.1. The summed E-state index contributed by atoms with van der Waals surface area (Å²) in [5, 5.41) is 0. The van der Waals surface area contributed by atoms with E-state index >= 15 is 0 Å². The molecule has 0 aliphatic carbocycles. The van der Waals surface area contributed by atoms with Crippen LogP contribution in [0, 0.1) is 0 Å². The Morgan fingerprint density at radius 1 is 1.32 bits per heavy atom. The van der Waals surface area contributed by atoms with Gasteiger partial charge < -0.3 is 13.3 Å². The van der Waals surface area contributed by atoms with Crippen LogP contribution in [0.3, 0.4) is 0 Å². The zero-order chi connectivity index (χ0) is 13.5. The normalized spacial score (nSPS) is 40.8. The van der Waals surface area contributed by atoms with Crippen molar-refractivity contribution in [2.75, 3.05) is 26.3 Å². The van der Waals surface area contributed by atoms with Crippen molar-refractivity contribution in [3.8, 4) is 0 Å². The van der Waals surface area contributed by atoms with Crippen LogP contribution in [0.15, 0.2) is 4.99 Å². The van der Waals surface area contributed by atoms with Crippen molar-refractivity contribution < 1.29 is 17.5 Å². The van der Waals surface area contributed by atoms with Crippen molar-refractivity contribution in [3.05, 3.63) is 0 Å². The van der Waals surface area contributed by atoms with Crippen molar-refractivity contribution in [3.63, 3.8) is 0 Å². The molecule has 3 saturated heterocycles. The van der Waals surface area contributed by atoms with Gasteiger partial charge in [-0.25, -0.2) is 13.5 Å². The summed E-state index contributed by atoms with van der Waals surface area (Å²) in [5.41, 5.74) is 0.983. The van der Waals surface area contributed by atoms with Gasteiger partial charge in [0.25, 0.3) is 0 Å². The van der Waals surface area contributed by atoms with Crippen LogP contribution < -0.4 is 0 Å². The largest absolute Gasteiger partial charge is 0.505 e. The van der Waals surface area contributed by atoms with Crippen molar-refractivity contribution >= 4 is 25.3 Å². The molecule has 8 heteroatoms. The zero-order valence-electron chi connectivity index (χ0n) is 11.3. The molecule has 0 amide bonds. The van der Waals surface area contributed by atoms with E-state index in [1.807, 2.05) is 18.2 Å². The molecule has 0 spiro atoms. The molecule has 108 valence electrons. The molecule has 1 atom stereocenters. The van der Waals surface area contributed by atoms with Gasteiger partial charge in [0.1, 0.15) is 16.5 Å². The molecule has 3 fully saturated rings. The average Bonchev–Trinajstić information content (AvgIpc) is 3.11. The third-order valence-electron chi connectivity index (χ3n) is 3.73. The Labute approximate surface area is 117 Å². The van der Waals surface area contributed by atoms with Crippen molar-refractivity contribution in [1.82, 2.24) is 4.31 Å². The lowest BCUT2D eigenvalue weighted by atomic mass is 10.3. The maximum Gasteiger partial charge on any atom is 0.505 e. The minimum atomic E-state index is -2.51. The highest BCUT2D eigenvalue weighted by atomic mass is 32.2. The Kier molecular flexibility index (Phi) is 3.65. The average molecular weight is 304 g/mol. The van der Waals surface area contributed by atoms with Gasteiger partial charge in [-0.15, -0.1) is 0 Å². The maximum absolute atomic E-state index is 12.0. The predicted molar refractivity (Wildman–Crippen MR) is 74.0 cm³/mol. The van der Waals surface area contributed by atoms with Gasteiger partial charge in [-0.1, -0.05) is 13.8 Å². The van der Waals surface area contributed by atoms with E-state index in [1.54, 1.807) is 0 Å². The minimum Gasteiger partial charge on any atom is -0.368 e. The molecule has 3 heterocycles. The minimum absolute atomic E-state index is 0.233. The summed E-state index contributed by atoms with van der Waals surface area (Å²) in [6.45, 7) is 6.68. The van der Waals surface area contributed by atoms with E-state index in [0.717, 1.165) is 25.9 Å². The van der Waals surface area contributed by atoms with E-state index in [2.05, 4.69) is 4.99 Å². The Morgan fingerprint density at radius 2 is 1.95 bits per heavy atom. The SMILES string of the molecule is CC(C)[Si]12OCC(/N=C/S(=O)N3CCCC3)(CO1)O2. The molecule has 0 aromatic heterocycles. The summed E-state index contributed by atoms with van der Waals surface area (Å²) in [6.07, 6.45) is 2.22. The van der Waals surface area contributed by atoms with Crippen molar-refractivity contribution in [1.29, 1.82) is 0 Å². The first-order valence-corrected chi connectivity index (χ1v) is 9.72. The van der Waals surface area contributed by atoms with Gasteiger partial charge in [-0.05, 0) is 12.8 Å². The lowest BCUT2D eigenvalue weighted by molar-refractivity contribution is 0.0764. The van der Waals surface area contributed by atoms with Gasteiger partial charge in [0.2, 0.25) is 0 Å². The smallest absolute Gasteiger partial charge is 0.368 e. The fraction of sp³-hybridized carbons (Fsp3) is 0.909. The van der Waals surface area contributed by atoms with Crippen molar-refractivity contribution in [2.24, 2.45) is 4.99 Å². The lowest BCUT2D eigenvalue weighted by Gasteiger charge is -2.22. The fourth-order valence-electron chi connectivity index (χ4n) is 2.52. The molecule has 0 radical (unpaired) electrons. The van der Waals surface area contributed by atoms with Gasteiger partial charge in [-0.3, -0.25) is 0 Å². The summed E-state index contributed by atoms with van der Waals surface area (Å²) in [4.78, 5) is 4.38. The molecule has 6 nitrogen and oxygen atoms in total. The van der Waals surface area contributed by atoms with Crippen LogP contribution in [0.2, 0.25) is 5.54 Å². The quantitative estimate of drug-likeness (QED) is 0.440. The number of hydrogen-bond acceptors (Lipinski definition) is 5. The van der Waals surface area contributed by atoms with Crippen LogP contribution in [-0.4, -0.2) is 54.9 Å². The Balaban J connectivity index is 1.66. The second-order valence-corrected chi connectivity index (χ2v) is 9.95. The van der Waals surface area contributed by atoms with Gasteiger partial charge >= 0.3 is 8.80 Å². The lowest BCUT2D eigenvalue weighted by Crippen LogP contribution is -2.41. The van der Waals surface area contributed by atoms with Crippen LogP contribution in [0.4, 0.5) is 0 Å². The third kappa shape index (κ3) is 2.45. The number of hydrogen-bond donors (Lipinski definition) is 0.